The Morgan fingerprint density at radius 2 is 1.63 bits per heavy atom. The van der Waals surface area contributed by atoms with Crippen molar-refractivity contribution >= 4 is 5.97 Å². The summed E-state index contributed by atoms with van der Waals surface area (Å²) in [7, 11) is 0. The molecule has 0 aromatic rings. The summed E-state index contributed by atoms with van der Waals surface area (Å²) < 4.78 is 12.0. The number of allylic oxidation sites excluding steroid dienone is 2. The van der Waals surface area contributed by atoms with Gasteiger partial charge < -0.3 is 35.0 Å². The number of carboxylic acids is 1. The molecule has 244 valence electrons. The van der Waals surface area contributed by atoms with Crippen molar-refractivity contribution in [2.24, 2.45) is 50.2 Å². The van der Waals surface area contributed by atoms with Crippen LogP contribution in [-0.2, 0) is 14.3 Å². The monoisotopic (exact) mass is 604 g/mol. The number of hydrogen-bond acceptors (Lipinski definition) is 7. The molecule has 6 rings (SSSR count). The van der Waals surface area contributed by atoms with E-state index in [0.717, 1.165) is 44.9 Å². The number of ether oxygens (including phenoxy) is 2. The van der Waals surface area contributed by atoms with Gasteiger partial charge in [-0.05, 0) is 104 Å². The van der Waals surface area contributed by atoms with Crippen LogP contribution in [0.3, 0.4) is 0 Å². The zero-order valence-corrected chi connectivity index (χ0v) is 27.1. The predicted molar refractivity (Wildman–Crippen MR) is 161 cm³/mol. The third-order valence-electron chi connectivity index (χ3n) is 14.8. The molecule has 1 saturated heterocycles. The number of rotatable bonds is 4. The van der Waals surface area contributed by atoms with Crippen LogP contribution in [0.1, 0.15) is 106 Å². The molecule has 0 radical (unpaired) electrons. The Kier molecular flexibility index (Phi) is 7.60. The second-order valence-corrected chi connectivity index (χ2v) is 17.3. The van der Waals surface area contributed by atoms with Gasteiger partial charge in [0.2, 0.25) is 0 Å². The maximum atomic E-state index is 12.9. The number of fused-ring (bicyclic) bond motifs is 7. The summed E-state index contributed by atoms with van der Waals surface area (Å²) in [4.78, 5) is 12.9. The molecular formula is C35H56O8. The molecule has 8 nitrogen and oxygen atoms in total. The van der Waals surface area contributed by atoms with Crippen LogP contribution >= 0.6 is 0 Å². The van der Waals surface area contributed by atoms with Crippen molar-refractivity contribution in [3.63, 3.8) is 0 Å². The van der Waals surface area contributed by atoms with Crippen LogP contribution in [0.5, 0.6) is 0 Å². The van der Waals surface area contributed by atoms with E-state index in [-0.39, 0.29) is 52.6 Å². The predicted octanol–water partition coefficient (Wildman–Crippen LogP) is 4.67. The fourth-order valence-corrected chi connectivity index (χ4v) is 12.0. The second-order valence-electron chi connectivity index (χ2n) is 17.3. The van der Waals surface area contributed by atoms with Crippen LogP contribution in [0.25, 0.3) is 0 Å². The fraction of sp³-hybridized carbons (Fsp3) is 0.914. The third kappa shape index (κ3) is 4.32. The van der Waals surface area contributed by atoms with Gasteiger partial charge in [-0.1, -0.05) is 53.2 Å². The molecule has 1 heterocycles. The molecule has 4 saturated carbocycles. The van der Waals surface area contributed by atoms with E-state index in [1.54, 1.807) is 0 Å². The molecular weight excluding hydrogens is 548 g/mol. The molecule has 43 heavy (non-hydrogen) atoms. The Labute approximate surface area is 257 Å². The average molecular weight is 605 g/mol. The van der Waals surface area contributed by atoms with Crippen LogP contribution in [0.4, 0.5) is 0 Å². The van der Waals surface area contributed by atoms with Gasteiger partial charge in [-0.25, -0.2) is 0 Å². The quantitative estimate of drug-likeness (QED) is 0.231. The SMILES string of the molecule is CC1(C)CC[C@]2(C(=O)O)CC[C@]3(C)C(=CC[C@H]4[C@@]5(C)C[C@H](O)[C@H](O[C@@H]6OCC[C@H](O)[C@H]6O)[C@@](C)(CO)[C@H]5CC[C@]43C)[C@@H]2C1. The van der Waals surface area contributed by atoms with Gasteiger partial charge in [-0.15, -0.1) is 0 Å². The number of aliphatic carboxylic acids is 1. The molecule has 0 spiro atoms. The minimum atomic E-state index is -1.21. The van der Waals surface area contributed by atoms with Crippen LogP contribution in [0.2, 0.25) is 0 Å². The maximum absolute atomic E-state index is 12.9. The maximum Gasteiger partial charge on any atom is 0.310 e. The average Bonchev–Trinajstić information content (AvgIpc) is 2.93. The summed E-state index contributed by atoms with van der Waals surface area (Å²) in [5.74, 6) is -0.263. The van der Waals surface area contributed by atoms with Gasteiger partial charge in [0.1, 0.15) is 6.10 Å². The molecule has 0 amide bonds. The highest BCUT2D eigenvalue weighted by Gasteiger charge is 2.71. The Balaban J connectivity index is 1.36. The lowest BCUT2D eigenvalue weighted by Crippen LogP contribution is -2.69. The Bertz CT molecular complexity index is 1150. The van der Waals surface area contributed by atoms with Crippen LogP contribution in [0.15, 0.2) is 11.6 Å². The molecule has 0 aromatic carbocycles. The molecule has 5 N–H and O–H groups in total. The molecule has 13 atom stereocenters. The number of carboxylic acid groups (broad SMARTS) is 1. The number of aliphatic hydroxyl groups is 4. The molecule has 0 aromatic heterocycles. The van der Waals surface area contributed by atoms with Gasteiger partial charge in [-0.3, -0.25) is 4.79 Å². The Morgan fingerprint density at radius 1 is 0.930 bits per heavy atom. The summed E-state index contributed by atoms with van der Waals surface area (Å²) in [5, 5.41) is 54.2. The first-order valence-corrected chi connectivity index (χ1v) is 16.9. The van der Waals surface area contributed by atoms with Gasteiger partial charge >= 0.3 is 5.97 Å². The molecule has 5 aliphatic carbocycles. The highest BCUT2D eigenvalue weighted by Crippen LogP contribution is 2.76. The van der Waals surface area contributed by atoms with Gasteiger partial charge in [0.15, 0.2) is 6.29 Å². The van der Waals surface area contributed by atoms with Crippen LogP contribution in [0, 0.1) is 50.2 Å². The number of hydrogen-bond donors (Lipinski definition) is 5. The minimum absolute atomic E-state index is 0.0468. The molecule has 0 unspecified atom stereocenters. The van der Waals surface area contributed by atoms with Crippen LogP contribution in [-0.4, -0.2) is 75.4 Å². The number of carbonyl (C=O) groups is 1. The molecule has 8 heteroatoms. The van der Waals surface area contributed by atoms with Crippen molar-refractivity contribution in [1.82, 2.24) is 0 Å². The van der Waals surface area contributed by atoms with Gasteiger partial charge in [0, 0.05) is 5.41 Å². The topological polar surface area (TPSA) is 137 Å². The standard InChI is InChI=1S/C35H56O8/c1-30(2)12-14-35(29(40)41)15-13-33(5)20(21(35)17-30)7-8-25-31(3)18-23(38)27(43-28-26(39)22(37)10-16-42-28)32(4,19-36)24(31)9-11-34(25,33)6/h7,21-28,36-39H,8-19H2,1-6H3,(H,40,41)/t21-,22-,23-,24-,25-,26+,27-,28-,31-,32-,33+,34+,35-/m0/s1. The second kappa shape index (κ2) is 10.2. The van der Waals surface area contributed by atoms with Crippen molar-refractivity contribution in [3.8, 4) is 0 Å². The van der Waals surface area contributed by atoms with Crippen LogP contribution < -0.4 is 0 Å². The van der Waals surface area contributed by atoms with E-state index >= 15 is 0 Å². The van der Waals surface area contributed by atoms with E-state index in [4.69, 9.17) is 9.47 Å². The van der Waals surface area contributed by atoms with E-state index in [9.17, 15) is 30.3 Å². The van der Waals surface area contributed by atoms with E-state index < -0.39 is 47.5 Å². The zero-order valence-electron chi connectivity index (χ0n) is 27.1. The Morgan fingerprint density at radius 3 is 2.30 bits per heavy atom. The van der Waals surface area contributed by atoms with Crippen molar-refractivity contribution in [3.05, 3.63) is 11.6 Å². The molecule has 1 aliphatic heterocycles. The van der Waals surface area contributed by atoms with Crippen molar-refractivity contribution in [2.45, 2.75) is 136 Å². The Hall–Kier alpha value is -1.03. The van der Waals surface area contributed by atoms with E-state index in [1.807, 2.05) is 6.92 Å². The third-order valence-corrected chi connectivity index (χ3v) is 14.8. The summed E-state index contributed by atoms with van der Waals surface area (Å²) in [5.41, 5.74) is -0.460. The van der Waals surface area contributed by atoms with Gasteiger partial charge in [0.25, 0.3) is 0 Å². The first kappa shape index (κ1) is 31.9. The summed E-state index contributed by atoms with van der Waals surface area (Å²) >= 11 is 0. The molecule has 5 fully saturated rings. The lowest BCUT2D eigenvalue weighted by molar-refractivity contribution is -0.317. The highest BCUT2D eigenvalue weighted by molar-refractivity contribution is 5.76. The molecule has 6 aliphatic rings. The van der Waals surface area contributed by atoms with E-state index in [2.05, 4.69) is 40.7 Å². The van der Waals surface area contributed by atoms with E-state index in [1.165, 1.54) is 5.57 Å². The van der Waals surface area contributed by atoms with Crippen molar-refractivity contribution in [1.29, 1.82) is 0 Å². The van der Waals surface area contributed by atoms with Gasteiger partial charge in [0.05, 0.1) is 36.9 Å². The van der Waals surface area contributed by atoms with Crippen molar-refractivity contribution < 1.29 is 39.8 Å². The van der Waals surface area contributed by atoms with Crippen molar-refractivity contribution in [2.75, 3.05) is 13.2 Å². The number of aliphatic hydroxyl groups excluding tert-OH is 4. The lowest BCUT2D eigenvalue weighted by atomic mass is 9.33. The first-order valence-electron chi connectivity index (χ1n) is 16.9. The largest absolute Gasteiger partial charge is 0.481 e. The zero-order chi connectivity index (χ0) is 31.4. The fourth-order valence-electron chi connectivity index (χ4n) is 12.0. The molecule has 0 bridgehead atoms. The summed E-state index contributed by atoms with van der Waals surface area (Å²) in [6.45, 7) is 13.8. The van der Waals surface area contributed by atoms with E-state index in [0.29, 0.717) is 19.3 Å². The minimum Gasteiger partial charge on any atom is -0.481 e. The smallest absolute Gasteiger partial charge is 0.310 e. The summed E-state index contributed by atoms with van der Waals surface area (Å²) in [6.07, 6.45) is 5.27. The highest BCUT2D eigenvalue weighted by atomic mass is 16.7. The first-order chi connectivity index (χ1) is 20.0. The summed E-state index contributed by atoms with van der Waals surface area (Å²) in [6, 6.07) is 0. The normalized spacial score (nSPS) is 54.3. The van der Waals surface area contributed by atoms with Gasteiger partial charge in [-0.2, -0.15) is 0 Å². The lowest BCUT2D eigenvalue weighted by Gasteiger charge is -2.71.